The second-order valence-corrected chi connectivity index (χ2v) is 4.49. The van der Waals surface area contributed by atoms with Gasteiger partial charge in [-0.05, 0) is 19.9 Å². The van der Waals surface area contributed by atoms with Gasteiger partial charge in [0.1, 0.15) is 5.69 Å². The zero-order valence-corrected chi connectivity index (χ0v) is 10.3. The predicted molar refractivity (Wildman–Crippen MR) is 68.3 cm³/mol. The molecule has 17 heavy (non-hydrogen) atoms. The molecule has 1 aromatic carbocycles. The van der Waals surface area contributed by atoms with Gasteiger partial charge >= 0.3 is 0 Å². The van der Waals surface area contributed by atoms with Crippen LogP contribution in [-0.2, 0) is 0 Å². The number of halogens is 1. The van der Waals surface area contributed by atoms with Crippen molar-refractivity contribution in [3.8, 4) is 0 Å². The van der Waals surface area contributed by atoms with Crippen molar-refractivity contribution in [1.29, 1.82) is 0 Å². The molecule has 90 valence electrons. The molecule has 0 bridgehead atoms. The van der Waals surface area contributed by atoms with E-state index in [2.05, 4.69) is 10.3 Å². The van der Waals surface area contributed by atoms with Crippen molar-refractivity contribution in [1.82, 2.24) is 0 Å². The molecule has 6 heteroatoms. The summed E-state index contributed by atoms with van der Waals surface area (Å²) < 4.78 is 0. The van der Waals surface area contributed by atoms with E-state index in [4.69, 9.17) is 11.6 Å². The molecule has 0 fully saturated rings. The molecule has 0 unspecified atom stereocenters. The molecular weight excluding hydrogens is 242 g/mol. The molecule has 5 nitrogen and oxygen atoms in total. The number of nitro benzene ring substituents is 1. The number of aliphatic imine (C=N–C) groups is 1. The molecule has 1 atom stereocenters. The van der Waals surface area contributed by atoms with E-state index >= 15 is 0 Å². The fourth-order valence-electron chi connectivity index (χ4n) is 1.90. The summed E-state index contributed by atoms with van der Waals surface area (Å²) in [6.45, 7) is 4.37. The summed E-state index contributed by atoms with van der Waals surface area (Å²) in [6.07, 6.45) is 0. The quantitative estimate of drug-likeness (QED) is 0.618. The third-order valence-corrected chi connectivity index (χ3v) is 2.88. The molecule has 1 aromatic rings. The van der Waals surface area contributed by atoms with Crippen LogP contribution in [0.2, 0.25) is 5.02 Å². The molecule has 0 amide bonds. The van der Waals surface area contributed by atoms with E-state index < -0.39 is 4.92 Å². The van der Waals surface area contributed by atoms with Crippen molar-refractivity contribution in [3.05, 3.63) is 32.8 Å². The highest BCUT2D eigenvalue weighted by molar-refractivity contribution is 6.31. The van der Waals surface area contributed by atoms with E-state index in [1.807, 2.05) is 13.8 Å². The molecule has 2 rings (SSSR count). The lowest BCUT2D eigenvalue weighted by Crippen LogP contribution is -2.13. The first-order valence-corrected chi connectivity index (χ1v) is 5.63. The van der Waals surface area contributed by atoms with Crippen molar-refractivity contribution < 1.29 is 4.92 Å². The Bertz CT molecular complexity index is 514. The van der Waals surface area contributed by atoms with Crippen LogP contribution < -0.4 is 5.32 Å². The highest BCUT2D eigenvalue weighted by Gasteiger charge is 2.23. The monoisotopic (exact) mass is 253 g/mol. The molecule has 1 aliphatic heterocycles. The molecule has 0 saturated carbocycles. The fraction of sp³-hybridized carbons (Fsp3) is 0.364. The molecule has 0 saturated heterocycles. The lowest BCUT2D eigenvalue weighted by Gasteiger charge is -2.09. The number of benzodiazepines with no additional fused rings is 1. The smallest absolute Gasteiger partial charge is 0.294 e. The van der Waals surface area contributed by atoms with Gasteiger partial charge in [0.05, 0.1) is 11.0 Å². The van der Waals surface area contributed by atoms with Crippen molar-refractivity contribution in [2.75, 3.05) is 11.9 Å². The summed E-state index contributed by atoms with van der Waals surface area (Å²) in [5, 5.41) is 14.4. The number of anilines is 1. The lowest BCUT2D eigenvalue weighted by molar-refractivity contribution is -0.383. The Morgan fingerprint density at radius 2 is 2.29 bits per heavy atom. The standard InChI is InChI=1S/C11H12ClN3O2/c1-6-5-13-11-9(7(2)14-6)3-8(12)4-10(11)15(16)17/h3-4,6,13H,5H2,1-2H3/t6-/m1/s1. The average molecular weight is 254 g/mol. The topological polar surface area (TPSA) is 67.5 Å². The summed E-state index contributed by atoms with van der Waals surface area (Å²) in [5.41, 5.74) is 1.97. The van der Waals surface area contributed by atoms with Gasteiger partial charge < -0.3 is 5.32 Å². The number of benzene rings is 1. The molecule has 1 N–H and O–H groups in total. The summed E-state index contributed by atoms with van der Waals surface area (Å²) in [5.74, 6) is 0. The molecule has 0 spiro atoms. The third-order valence-electron chi connectivity index (χ3n) is 2.66. The first-order valence-electron chi connectivity index (χ1n) is 5.25. The van der Waals surface area contributed by atoms with E-state index in [1.165, 1.54) is 6.07 Å². The van der Waals surface area contributed by atoms with E-state index in [-0.39, 0.29) is 11.7 Å². The summed E-state index contributed by atoms with van der Waals surface area (Å²) in [4.78, 5) is 15.0. The Morgan fingerprint density at radius 1 is 1.59 bits per heavy atom. The fourth-order valence-corrected chi connectivity index (χ4v) is 2.12. The first-order chi connectivity index (χ1) is 7.99. The molecule has 1 heterocycles. The molecule has 0 aromatic heterocycles. The van der Waals surface area contributed by atoms with Crippen molar-refractivity contribution in [3.63, 3.8) is 0 Å². The minimum absolute atomic E-state index is 0.00356. The largest absolute Gasteiger partial charge is 0.377 e. The summed E-state index contributed by atoms with van der Waals surface area (Å²) in [7, 11) is 0. The van der Waals surface area contributed by atoms with Crippen LogP contribution in [0.25, 0.3) is 0 Å². The zero-order chi connectivity index (χ0) is 12.6. The SMILES string of the molecule is CC1=N[C@H](C)CNc2c1cc(Cl)cc2[N+](=O)[O-]. The summed E-state index contributed by atoms with van der Waals surface area (Å²) in [6, 6.07) is 3.14. The van der Waals surface area contributed by atoms with Crippen LogP contribution in [0.15, 0.2) is 17.1 Å². The maximum Gasteiger partial charge on any atom is 0.294 e. The number of hydrogen-bond acceptors (Lipinski definition) is 4. The Kier molecular flexibility index (Phi) is 3.02. The van der Waals surface area contributed by atoms with Gasteiger partial charge in [-0.3, -0.25) is 15.1 Å². The number of rotatable bonds is 1. The molecule has 0 radical (unpaired) electrons. The van der Waals surface area contributed by atoms with Crippen LogP contribution in [0.4, 0.5) is 11.4 Å². The van der Waals surface area contributed by atoms with Gasteiger partial charge in [0.25, 0.3) is 5.69 Å². The van der Waals surface area contributed by atoms with Gasteiger partial charge in [-0.1, -0.05) is 11.6 Å². The molecule has 0 aliphatic carbocycles. The second kappa shape index (κ2) is 4.33. The number of nitrogens with one attached hydrogen (secondary N) is 1. The molecular formula is C11H12ClN3O2. The van der Waals surface area contributed by atoms with Gasteiger partial charge in [-0.15, -0.1) is 0 Å². The van der Waals surface area contributed by atoms with Crippen molar-refractivity contribution in [2.24, 2.45) is 4.99 Å². The highest BCUT2D eigenvalue weighted by atomic mass is 35.5. The number of nitrogens with zero attached hydrogens (tertiary/aromatic N) is 2. The lowest BCUT2D eigenvalue weighted by atomic mass is 10.1. The second-order valence-electron chi connectivity index (χ2n) is 4.05. The van der Waals surface area contributed by atoms with Crippen molar-refractivity contribution >= 4 is 28.7 Å². The van der Waals surface area contributed by atoms with Crippen LogP contribution >= 0.6 is 11.6 Å². The van der Waals surface area contributed by atoms with Gasteiger partial charge in [-0.25, -0.2) is 0 Å². The van der Waals surface area contributed by atoms with E-state index in [9.17, 15) is 10.1 Å². The van der Waals surface area contributed by atoms with Crippen LogP contribution in [0.1, 0.15) is 19.4 Å². The predicted octanol–water partition coefficient (Wildman–Crippen LogP) is 2.87. The van der Waals surface area contributed by atoms with E-state index in [0.717, 1.165) is 5.71 Å². The van der Waals surface area contributed by atoms with Crippen molar-refractivity contribution in [2.45, 2.75) is 19.9 Å². The Labute approximate surface area is 104 Å². The average Bonchev–Trinajstić information content (AvgIpc) is 2.38. The Hall–Kier alpha value is -1.62. The van der Waals surface area contributed by atoms with Crippen LogP contribution in [0.3, 0.4) is 0 Å². The number of nitro groups is 1. The maximum atomic E-state index is 11.0. The summed E-state index contributed by atoms with van der Waals surface area (Å²) >= 11 is 5.89. The van der Waals surface area contributed by atoms with Gasteiger partial charge in [0, 0.05) is 28.9 Å². The van der Waals surface area contributed by atoms with Gasteiger partial charge in [-0.2, -0.15) is 0 Å². The van der Waals surface area contributed by atoms with E-state index in [1.54, 1.807) is 6.07 Å². The number of hydrogen-bond donors (Lipinski definition) is 1. The van der Waals surface area contributed by atoms with Crippen LogP contribution in [0, 0.1) is 10.1 Å². The van der Waals surface area contributed by atoms with Crippen LogP contribution in [-0.4, -0.2) is 23.2 Å². The van der Waals surface area contributed by atoms with E-state index in [0.29, 0.717) is 22.8 Å². The molecule has 1 aliphatic rings. The first kappa shape index (κ1) is 11.9. The van der Waals surface area contributed by atoms with Crippen LogP contribution in [0.5, 0.6) is 0 Å². The highest BCUT2D eigenvalue weighted by Crippen LogP contribution is 2.33. The Morgan fingerprint density at radius 3 is 2.94 bits per heavy atom. The van der Waals surface area contributed by atoms with Gasteiger partial charge in [0.15, 0.2) is 0 Å². The zero-order valence-electron chi connectivity index (χ0n) is 9.53. The Balaban J connectivity index is 2.66. The third kappa shape index (κ3) is 2.24. The maximum absolute atomic E-state index is 11.0. The minimum Gasteiger partial charge on any atom is -0.377 e. The normalized spacial score (nSPS) is 18.8. The number of fused-ring (bicyclic) bond motifs is 1. The minimum atomic E-state index is -0.430. The van der Waals surface area contributed by atoms with Gasteiger partial charge in [0.2, 0.25) is 0 Å².